The van der Waals surface area contributed by atoms with Gasteiger partial charge in [0, 0.05) is 21.7 Å². The Bertz CT molecular complexity index is 533. The van der Waals surface area contributed by atoms with Gasteiger partial charge in [0.2, 0.25) is 5.91 Å². The SMILES string of the molecule is CC1CC2=C(NC1=O)c1cc(Br)ccc1CC2. The molecule has 1 atom stereocenters. The van der Waals surface area contributed by atoms with Gasteiger partial charge in [-0.25, -0.2) is 0 Å². The Kier molecular flexibility index (Phi) is 2.58. The number of fused-ring (bicyclic) bond motifs is 2. The average Bonchev–Trinajstić information content (AvgIpc) is 2.31. The molecule has 0 fully saturated rings. The van der Waals surface area contributed by atoms with Crippen molar-refractivity contribution in [3.63, 3.8) is 0 Å². The summed E-state index contributed by atoms with van der Waals surface area (Å²) in [4.78, 5) is 11.8. The van der Waals surface area contributed by atoms with E-state index >= 15 is 0 Å². The first kappa shape index (κ1) is 11.0. The van der Waals surface area contributed by atoms with Crippen molar-refractivity contribution in [2.45, 2.75) is 26.2 Å². The zero-order valence-corrected chi connectivity index (χ0v) is 11.3. The molecular formula is C14H14BrNO. The first-order chi connectivity index (χ1) is 8.15. The third kappa shape index (κ3) is 1.82. The number of halogens is 1. The number of rotatable bonds is 0. The van der Waals surface area contributed by atoms with Crippen LogP contribution in [0.15, 0.2) is 28.2 Å². The van der Waals surface area contributed by atoms with E-state index in [1.165, 1.54) is 16.7 Å². The van der Waals surface area contributed by atoms with Crippen LogP contribution in [0.3, 0.4) is 0 Å². The van der Waals surface area contributed by atoms with Crippen LogP contribution in [0.25, 0.3) is 5.70 Å². The van der Waals surface area contributed by atoms with Crippen molar-refractivity contribution in [3.05, 3.63) is 39.4 Å². The lowest BCUT2D eigenvalue weighted by atomic mass is 9.82. The maximum Gasteiger partial charge on any atom is 0.227 e. The van der Waals surface area contributed by atoms with Crippen LogP contribution in [0.1, 0.15) is 30.9 Å². The van der Waals surface area contributed by atoms with Gasteiger partial charge in [-0.1, -0.05) is 28.9 Å². The third-order valence-corrected chi connectivity index (χ3v) is 4.13. The van der Waals surface area contributed by atoms with Gasteiger partial charge in [0.05, 0.1) is 0 Å². The summed E-state index contributed by atoms with van der Waals surface area (Å²) in [6.45, 7) is 2.00. The van der Waals surface area contributed by atoms with Crippen LogP contribution in [0, 0.1) is 5.92 Å². The first-order valence-electron chi connectivity index (χ1n) is 5.97. The second kappa shape index (κ2) is 3.98. The smallest absolute Gasteiger partial charge is 0.227 e. The van der Waals surface area contributed by atoms with Crippen molar-refractivity contribution in [1.29, 1.82) is 0 Å². The largest absolute Gasteiger partial charge is 0.325 e. The summed E-state index contributed by atoms with van der Waals surface area (Å²) in [5.41, 5.74) is 5.00. The molecule has 3 heteroatoms. The van der Waals surface area contributed by atoms with Gasteiger partial charge in [0.15, 0.2) is 0 Å². The monoisotopic (exact) mass is 291 g/mol. The second-order valence-electron chi connectivity index (χ2n) is 4.87. The third-order valence-electron chi connectivity index (χ3n) is 3.64. The van der Waals surface area contributed by atoms with Crippen molar-refractivity contribution in [2.24, 2.45) is 5.92 Å². The number of nitrogens with one attached hydrogen (secondary N) is 1. The van der Waals surface area contributed by atoms with Gasteiger partial charge in [-0.2, -0.15) is 0 Å². The van der Waals surface area contributed by atoms with Crippen LogP contribution in [-0.4, -0.2) is 5.91 Å². The fourth-order valence-electron chi connectivity index (χ4n) is 2.67. The molecule has 3 rings (SSSR count). The number of allylic oxidation sites excluding steroid dienone is 1. The Morgan fingerprint density at radius 1 is 1.35 bits per heavy atom. The molecule has 0 saturated heterocycles. The molecule has 0 saturated carbocycles. The molecule has 0 spiro atoms. The van der Waals surface area contributed by atoms with Gasteiger partial charge >= 0.3 is 0 Å². The maximum absolute atomic E-state index is 11.8. The second-order valence-corrected chi connectivity index (χ2v) is 5.79. The molecular weight excluding hydrogens is 278 g/mol. The van der Waals surface area contributed by atoms with Crippen LogP contribution >= 0.6 is 15.9 Å². The highest BCUT2D eigenvalue weighted by Crippen LogP contribution is 2.36. The molecule has 1 aliphatic carbocycles. The number of aryl methyl sites for hydroxylation is 1. The van der Waals surface area contributed by atoms with Crippen LogP contribution in [0.2, 0.25) is 0 Å². The highest BCUT2D eigenvalue weighted by Gasteiger charge is 2.28. The number of carbonyl (C=O) groups is 1. The lowest BCUT2D eigenvalue weighted by molar-refractivity contribution is -0.123. The molecule has 2 nitrogen and oxygen atoms in total. The van der Waals surface area contributed by atoms with Crippen LogP contribution < -0.4 is 5.32 Å². The Morgan fingerprint density at radius 3 is 3.00 bits per heavy atom. The minimum atomic E-state index is 0.113. The van der Waals surface area contributed by atoms with Crippen LogP contribution in [0.5, 0.6) is 0 Å². The molecule has 1 aromatic carbocycles. The van der Waals surface area contributed by atoms with E-state index < -0.39 is 0 Å². The summed E-state index contributed by atoms with van der Waals surface area (Å²) in [7, 11) is 0. The van der Waals surface area contributed by atoms with E-state index in [0.717, 1.165) is 29.4 Å². The van der Waals surface area contributed by atoms with Gasteiger partial charge in [-0.3, -0.25) is 4.79 Å². The molecule has 2 aliphatic rings. The molecule has 0 aromatic heterocycles. The summed E-state index contributed by atoms with van der Waals surface area (Å²) in [6, 6.07) is 6.32. The molecule has 88 valence electrons. The molecule has 0 bridgehead atoms. The van der Waals surface area contributed by atoms with Crippen molar-refractivity contribution >= 4 is 27.5 Å². The van der Waals surface area contributed by atoms with E-state index in [1.54, 1.807) is 0 Å². The minimum absolute atomic E-state index is 0.113. The van der Waals surface area contributed by atoms with E-state index in [2.05, 4.69) is 39.4 Å². The Hall–Kier alpha value is -1.09. The standard InChI is InChI=1S/C14H14BrNO/c1-8-6-10-3-2-9-4-5-11(15)7-12(9)13(10)16-14(8)17/h4-5,7-8H,2-3,6H2,1H3,(H,16,17). The van der Waals surface area contributed by atoms with Gasteiger partial charge in [-0.15, -0.1) is 0 Å². The molecule has 1 unspecified atom stereocenters. The zero-order valence-electron chi connectivity index (χ0n) is 9.72. The van der Waals surface area contributed by atoms with Crippen LogP contribution in [0.4, 0.5) is 0 Å². The fraction of sp³-hybridized carbons (Fsp3) is 0.357. The lowest BCUT2D eigenvalue weighted by Crippen LogP contribution is -2.35. The molecule has 1 heterocycles. The van der Waals surface area contributed by atoms with Crippen LogP contribution in [-0.2, 0) is 11.2 Å². The zero-order chi connectivity index (χ0) is 12.0. The van der Waals surface area contributed by atoms with Gasteiger partial charge in [0.25, 0.3) is 0 Å². The number of hydrogen-bond acceptors (Lipinski definition) is 1. The van der Waals surface area contributed by atoms with E-state index in [1.807, 2.05) is 6.92 Å². The summed E-state index contributed by atoms with van der Waals surface area (Å²) in [5.74, 6) is 0.263. The Labute approximate surface area is 109 Å². The Morgan fingerprint density at radius 2 is 2.18 bits per heavy atom. The molecule has 1 N–H and O–H groups in total. The number of amides is 1. The predicted molar refractivity (Wildman–Crippen MR) is 71.3 cm³/mol. The molecule has 1 aromatic rings. The summed E-state index contributed by atoms with van der Waals surface area (Å²) in [6.07, 6.45) is 3.08. The minimum Gasteiger partial charge on any atom is -0.325 e. The average molecular weight is 292 g/mol. The highest BCUT2D eigenvalue weighted by atomic mass is 79.9. The number of benzene rings is 1. The number of hydrogen-bond donors (Lipinski definition) is 1. The Balaban J connectivity index is 2.12. The highest BCUT2D eigenvalue weighted by molar-refractivity contribution is 9.10. The van der Waals surface area contributed by atoms with Crippen molar-refractivity contribution in [1.82, 2.24) is 5.32 Å². The number of carbonyl (C=O) groups excluding carboxylic acids is 1. The molecule has 17 heavy (non-hydrogen) atoms. The summed E-state index contributed by atoms with van der Waals surface area (Å²) in [5, 5.41) is 3.07. The molecule has 1 aliphatic heterocycles. The summed E-state index contributed by atoms with van der Waals surface area (Å²) < 4.78 is 1.07. The topological polar surface area (TPSA) is 29.1 Å². The molecule has 1 amide bonds. The normalized spacial score (nSPS) is 22.9. The van der Waals surface area contributed by atoms with E-state index in [-0.39, 0.29) is 11.8 Å². The van der Waals surface area contributed by atoms with Crippen molar-refractivity contribution in [2.75, 3.05) is 0 Å². The first-order valence-corrected chi connectivity index (χ1v) is 6.76. The van der Waals surface area contributed by atoms with Crippen molar-refractivity contribution < 1.29 is 4.79 Å². The molecule has 0 radical (unpaired) electrons. The predicted octanol–water partition coefficient (Wildman–Crippen LogP) is 3.26. The van der Waals surface area contributed by atoms with Crippen molar-refractivity contribution in [3.8, 4) is 0 Å². The fourth-order valence-corrected chi connectivity index (χ4v) is 3.03. The maximum atomic E-state index is 11.8. The quantitative estimate of drug-likeness (QED) is 0.781. The van der Waals surface area contributed by atoms with Gasteiger partial charge in [0.1, 0.15) is 0 Å². The van der Waals surface area contributed by atoms with Gasteiger partial charge < -0.3 is 5.32 Å². The van der Waals surface area contributed by atoms with E-state index in [0.29, 0.717) is 0 Å². The lowest BCUT2D eigenvalue weighted by Gasteiger charge is -2.30. The van der Waals surface area contributed by atoms with E-state index in [4.69, 9.17) is 0 Å². The van der Waals surface area contributed by atoms with E-state index in [9.17, 15) is 4.79 Å². The summed E-state index contributed by atoms with van der Waals surface area (Å²) >= 11 is 3.50. The van der Waals surface area contributed by atoms with Gasteiger partial charge in [-0.05, 0) is 42.5 Å².